The van der Waals surface area contributed by atoms with E-state index in [1.54, 1.807) is 0 Å². The second kappa shape index (κ2) is 8.04. The predicted molar refractivity (Wildman–Crippen MR) is 74.9 cm³/mol. The average molecular weight is 280 g/mol. The first-order valence-electron chi connectivity index (χ1n) is 6.46. The van der Waals surface area contributed by atoms with Gasteiger partial charge in [-0.15, -0.1) is 0 Å². The summed E-state index contributed by atoms with van der Waals surface area (Å²) < 4.78 is 5.57. The van der Waals surface area contributed by atoms with Crippen LogP contribution in [0.2, 0.25) is 0 Å². The van der Waals surface area contributed by atoms with Gasteiger partial charge >= 0.3 is 12.0 Å². The molecule has 0 heterocycles. The van der Waals surface area contributed by atoms with E-state index in [2.05, 4.69) is 10.6 Å². The molecule has 20 heavy (non-hydrogen) atoms. The summed E-state index contributed by atoms with van der Waals surface area (Å²) in [4.78, 5) is 21.9. The first-order valence-corrected chi connectivity index (χ1v) is 6.46. The molecule has 0 radical (unpaired) electrons. The van der Waals surface area contributed by atoms with Crippen molar-refractivity contribution in [3.63, 3.8) is 0 Å². The fourth-order valence-corrected chi connectivity index (χ4v) is 1.48. The first-order chi connectivity index (χ1) is 9.50. The topological polar surface area (TPSA) is 87.7 Å². The number of nitrogens with one attached hydrogen (secondary N) is 2. The summed E-state index contributed by atoms with van der Waals surface area (Å²) in [5.41, 5.74) is 1.06. The van der Waals surface area contributed by atoms with Gasteiger partial charge in [0.1, 0.15) is 11.8 Å². The van der Waals surface area contributed by atoms with Gasteiger partial charge in [0.25, 0.3) is 0 Å². The number of ether oxygens (including phenoxy) is 1. The van der Waals surface area contributed by atoms with Gasteiger partial charge in [0.2, 0.25) is 0 Å². The van der Waals surface area contributed by atoms with Crippen molar-refractivity contribution >= 4 is 12.0 Å². The lowest BCUT2D eigenvalue weighted by atomic mass is 10.2. The number of carbonyl (C=O) groups excluding carboxylic acids is 1. The van der Waals surface area contributed by atoms with Gasteiger partial charge in [-0.2, -0.15) is 0 Å². The quantitative estimate of drug-likeness (QED) is 0.661. The number of carbonyl (C=O) groups is 2. The number of hydrogen-bond donors (Lipinski definition) is 3. The molecule has 110 valence electrons. The van der Waals surface area contributed by atoms with E-state index < -0.39 is 18.0 Å². The number of carboxylic acid groups (broad SMARTS) is 1. The van der Waals surface area contributed by atoms with Crippen molar-refractivity contribution in [3.8, 4) is 5.75 Å². The van der Waals surface area contributed by atoms with E-state index in [0.717, 1.165) is 11.3 Å². The van der Waals surface area contributed by atoms with Crippen LogP contribution in [-0.2, 0) is 4.79 Å². The molecule has 6 nitrogen and oxygen atoms in total. The standard InChI is InChI=1S/C14H20N2O4/c1-10-6-3-4-7-12(10)20-9-5-8-15-14(19)16-11(2)13(17)18/h3-4,6-7,11H,5,8-9H2,1-2H3,(H,17,18)(H2,15,16,19). The van der Waals surface area contributed by atoms with Gasteiger partial charge in [0.05, 0.1) is 6.61 Å². The third-order valence-corrected chi connectivity index (χ3v) is 2.68. The van der Waals surface area contributed by atoms with E-state index in [9.17, 15) is 9.59 Å². The van der Waals surface area contributed by atoms with E-state index in [1.165, 1.54) is 6.92 Å². The maximum absolute atomic E-state index is 11.3. The Morgan fingerprint density at radius 1 is 1.35 bits per heavy atom. The third-order valence-electron chi connectivity index (χ3n) is 2.68. The van der Waals surface area contributed by atoms with Gasteiger partial charge in [-0.05, 0) is 31.9 Å². The van der Waals surface area contributed by atoms with Crippen LogP contribution in [0.1, 0.15) is 18.9 Å². The summed E-state index contributed by atoms with van der Waals surface area (Å²) in [6, 6.07) is 6.31. The van der Waals surface area contributed by atoms with Crippen molar-refractivity contribution in [2.75, 3.05) is 13.2 Å². The van der Waals surface area contributed by atoms with E-state index in [1.807, 2.05) is 31.2 Å². The van der Waals surface area contributed by atoms with Gasteiger partial charge in [0, 0.05) is 6.54 Å². The lowest BCUT2D eigenvalue weighted by Crippen LogP contribution is -2.44. The Morgan fingerprint density at radius 3 is 2.70 bits per heavy atom. The molecular weight excluding hydrogens is 260 g/mol. The van der Waals surface area contributed by atoms with Crippen LogP contribution in [0.25, 0.3) is 0 Å². The fourth-order valence-electron chi connectivity index (χ4n) is 1.48. The summed E-state index contributed by atoms with van der Waals surface area (Å²) in [7, 11) is 0. The van der Waals surface area contributed by atoms with Crippen LogP contribution in [0.5, 0.6) is 5.75 Å². The van der Waals surface area contributed by atoms with E-state index in [-0.39, 0.29) is 0 Å². The van der Waals surface area contributed by atoms with Gasteiger partial charge < -0.3 is 20.5 Å². The summed E-state index contributed by atoms with van der Waals surface area (Å²) in [6.45, 7) is 4.28. The number of aliphatic carboxylic acids is 1. The SMILES string of the molecule is Cc1ccccc1OCCCNC(=O)NC(C)C(=O)O. The van der Waals surface area contributed by atoms with Crippen LogP contribution < -0.4 is 15.4 Å². The second-order valence-electron chi connectivity index (χ2n) is 4.43. The van der Waals surface area contributed by atoms with Crippen LogP contribution in [0, 0.1) is 6.92 Å². The smallest absolute Gasteiger partial charge is 0.325 e. The highest BCUT2D eigenvalue weighted by Crippen LogP contribution is 2.15. The molecule has 0 aliphatic carbocycles. The van der Waals surface area contributed by atoms with Crippen molar-refractivity contribution in [1.82, 2.24) is 10.6 Å². The Labute approximate surface area is 118 Å². The number of para-hydroxylation sites is 1. The monoisotopic (exact) mass is 280 g/mol. The third kappa shape index (κ3) is 5.60. The normalized spacial score (nSPS) is 11.5. The van der Waals surface area contributed by atoms with Crippen molar-refractivity contribution in [2.24, 2.45) is 0 Å². The summed E-state index contributed by atoms with van der Waals surface area (Å²) in [5, 5.41) is 13.5. The molecule has 0 spiro atoms. The lowest BCUT2D eigenvalue weighted by molar-refractivity contribution is -0.138. The predicted octanol–water partition coefficient (Wildman–Crippen LogP) is 1.54. The molecule has 0 aliphatic rings. The maximum atomic E-state index is 11.3. The van der Waals surface area contributed by atoms with Crippen LogP contribution in [0.4, 0.5) is 4.79 Å². The molecule has 6 heteroatoms. The Balaban J connectivity index is 2.15. The highest BCUT2D eigenvalue weighted by molar-refractivity contribution is 5.82. The molecule has 0 bridgehead atoms. The Bertz CT molecular complexity index is 462. The zero-order chi connectivity index (χ0) is 15.0. The number of carboxylic acids is 1. The molecule has 0 aromatic heterocycles. The molecule has 1 aromatic rings. The van der Waals surface area contributed by atoms with Gasteiger partial charge in [-0.3, -0.25) is 4.79 Å². The minimum Gasteiger partial charge on any atom is -0.493 e. The molecule has 3 N–H and O–H groups in total. The number of aryl methyl sites for hydroxylation is 1. The molecular formula is C14H20N2O4. The zero-order valence-electron chi connectivity index (χ0n) is 11.7. The summed E-state index contributed by atoms with van der Waals surface area (Å²) in [5.74, 6) is -0.237. The molecule has 0 fully saturated rings. The molecule has 1 aromatic carbocycles. The van der Waals surface area contributed by atoms with Gasteiger partial charge in [0.15, 0.2) is 0 Å². The van der Waals surface area contributed by atoms with Crippen LogP contribution in [0.3, 0.4) is 0 Å². The Morgan fingerprint density at radius 2 is 2.05 bits per heavy atom. The van der Waals surface area contributed by atoms with Crippen LogP contribution >= 0.6 is 0 Å². The van der Waals surface area contributed by atoms with Crippen molar-refractivity contribution in [2.45, 2.75) is 26.3 Å². The molecule has 0 saturated heterocycles. The number of benzene rings is 1. The van der Waals surface area contributed by atoms with Crippen molar-refractivity contribution < 1.29 is 19.4 Å². The molecule has 1 unspecified atom stereocenters. The molecule has 0 saturated carbocycles. The Hall–Kier alpha value is -2.24. The van der Waals surface area contributed by atoms with E-state index in [4.69, 9.17) is 9.84 Å². The zero-order valence-corrected chi connectivity index (χ0v) is 11.7. The maximum Gasteiger partial charge on any atom is 0.325 e. The number of urea groups is 1. The summed E-state index contributed by atoms with van der Waals surface area (Å²) >= 11 is 0. The second-order valence-corrected chi connectivity index (χ2v) is 4.43. The molecule has 1 atom stereocenters. The minimum absolute atomic E-state index is 0.421. The molecule has 0 aliphatic heterocycles. The van der Waals surface area contributed by atoms with Gasteiger partial charge in [-0.25, -0.2) is 4.79 Å². The number of amides is 2. The Kier molecular flexibility index (Phi) is 6.36. The van der Waals surface area contributed by atoms with E-state index >= 15 is 0 Å². The van der Waals surface area contributed by atoms with E-state index in [0.29, 0.717) is 19.6 Å². The highest BCUT2D eigenvalue weighted by Gasteiger charge is 2.12. The average Bonchev–Trinajstić information content (AvgIpc) is 2.40. The van der Waals surface area contributed by atoms with Crippen LogP contribution in [0.15, 0.2) is 24.3 Å². The van der Waals surface area contributed by atoms with Gasteiger partial charge in [-0.1, -0.05) is 18.2 Å². The van der Waals surface area contributed by atoms with Crippen molar-refractivity contribution in [1.29, 1.82) is 0 Å². The number of rotatable bonds is 7. The minimum atomic E-state index is -1.07. The lowest BCUT2D eigenvalue weighted by Gasteiger charge is -2.11. The molecule has 1 rings (SSSR count). The summed E-state index contributed by atoms with van der Waals surface area (Å²) in [6.07, 6.45) is 0.642. The first kappa shape index (κ1) is 15.8. The van der Waals surface area contributed by atoms with Crippen molar-refractivity contribution in [3.05, 3.63) is 29.8 Å². The van der Waals surface area contributed by atoms with Crippen LogP contribution in [-0.4, -0.2) is 36.3 Å². The number of hydrogen-bond acceptors (Lipinski definition) is 3. The molecule has 2 amide bonds. The largest absolute Gasteiger partial charge is 0.493 e. The fraction of sp³-hybridized carbons (Fsp3) is 0.429. The highest BCUT2D eigenvalue weighted by atomic mass is 16.5.